The molecule has 1 aromatic rings. The Hall–Kier alpha value is -2.68. The molecule has 2 rings (SSSR count). The number of likely N-dealkylation sites (tertiary alicyclic amines) is 1. The fourth-order valence-electron chi connectivity index (χ4n) is 2.69. The second kappa shape index (κ2) is 7.73. The molecule has 0 aliphatic carbocycles. The van der Waals surface area contributed by atoms with Crippen LogP contribution in [-0.2, 0) is 9.59 Å². The first-order valence-corrected chi connectivity index (χ1v) is 7.60. The van der Waals surface area contributed by atoms with E-state index in [9.17, 15) is 19.7 Å². The second-order valence-corrected chi connectivity index (χ2v) is 5.38. The van der Waals surface area contributed by atoms with Gasteiger partial charge in [-0.15, -0.1) is 0 Å². The molecule has 1 fully saturated rings. The Morgan fingerprint density at radius 3 is 2.88 bits per heavy atom. The van der Waals surface area contributed by atoms with Crippen LogP contribution in [0.1, 0.15) is 19.8 Å². The van der Waals surface area contributed by atoms with Crippen LogP contribution >= 0.6 is 0 Å². The van der Waals surface area contributed by atoms with Crippen LogP contribution in [0.2, 0.25) is 0 Å². The Morgan fingerprint density at radius 1 is 1.50 bits per heavy atom. The van der Waals surface area contributed by atoms with Crippen LogP contribution in [0.3, 0.4) is 0 Å². The number of anilines is 1. The first kappa shape index (κ1) is 17.7. The summed E-state index contributed by atoms with van der Waals surface area (Å²) in [5.74, 6) is -1.12. The molecule has 1 aliphatic rings. The van der Waals surface area contributed by atoms with Crippen LogP contribution in [0.4, 0.5) is 11.4 Å². The Labute approximate surface area is 138 Å². The van der Waals surface area contributed by atoms with Crippen molar-refractivity contribution in [3.63, 3.8) is 0 Å². The quantitative estimate of drug-likeness (QED) is 0.571. The monoisotopic (exact) mass is 337 g/mol. The van der Waals surface area contributed by atoms with E-state index >= 15 is 0 Å². The number of hydrogen-bond donors (Lipinski definition) is 2. The fourth-order valence-corrected chi connectivity index (χ4v) is 2.69. The zero-order chi connectivity index (χ0) is 17.7. The van der Waals surface area contributed by atoms with Crippen LogP contribution in [0.5, 0.6) is 5.75 Å². The third-order valence-electron chi connectivity index (χ3n) is 3.75. The summed E-state index contributed by atoms with van der Waals surface area (Å²) < 4.78 is 5.21. The average molecular weight is 337 g/mol. The van der Waals surface area contributed by atoms with Crippen LogP contribution in [0, 0.1) is 10.1 Å². The number of ether oxygens (including phenoxy) is 1. The van der Waals surface area contributed by atoms with E-state index in [4.69, 9.17) is 9.84 Å². The molecule has 1 aromatic carbocycles. The summed E-state index contributed by atoms with van der Waals surface area (Å²) in [6, 6.07) is 3.49. The van der Waals surface area contributed by atoms with Crippen molar-refractivity contribution in [3.05, 3.63) is 28.3 Å². The smallest absolute Gasteiger partial charge is 0.320 e. The number of amides is 1. The maximum absolute atomic E-state index is 12.1. The Kier molecular flexibility index (Phi) is 5.69. The van der Waals surface area contributed by atoms with Gasteiger partial charge < -0.3 is 15.2 Å². The van der Waals surface area contributed by atoms with Crippen molar-refractivity contribution in [2.45, 2.75) is 25.8 Å². The number of carbonyl (C=O) groups is 2. The largest absolute Gasteiger partial charge is 0.494 e. The van der Waals surface area contributed by atoms with Crippen LogP contribution < -0.4 is 10.1 Å². The minimum absolute atomic E-state index is 0.0551. The van der Waals surface area contributed by atoms with Gasteiger partial charge in [0.15, 0.2) is 0 Å². The number of nitrogens with one attached hydrogen (secondary N) is 1. The van der Waals surface area contributed by atoms with E-state index in [0.717, 1.165) is 0 Å². The molecule has 0 spiro atoms. The zero-order valence-corrected chi connectivity index (χ0v) is 13.2. The molecule has 1 amide bonds. The molecule has 2 N–H and O–H groups in total. The summed E-state index contributed by atoms with van der Waals surface area (Å²) in [6.45, 7) is 2.52. The van der Waals surface area contributed by atoms with E-state index in [1.54, 1.807) is 11.8 Å². The van der Waals surface area contributed by atoms with Crippen molar-refractivity contribution in [1.29, 1.82) is 0 Å². The van der Waals surface area contributed by atoms with Crippen LogP contribution in [-0.4, -0.2) is 52.5 Å². The van der Waals surface area contributed by atoms with Gasteiger partial charge in [0, 0.05) is 0 Å². The van der Waals surface area contributed by atoms with E-state index in [1.165, 1.54) is 18.2 Å². The van der Waals surface area contributed by atoms with Gasteiger partial charge in [-0.2, -0.15) is 0 Å². The Balaban J connectivity index is 2.08. The zero-order valence-electron chi connectivity index (χ0n) is 13.2. The van der Waals surface area contributed by atoms with Gasteiger partial charge in [0.2, 0.25) is 5.91 Å². The standard InChI is InChI=1S/C15H19N3O6/c1-2-24-10-5-6-11(13(8-10)18(22)23)16-14(19)9-17-7-3-4-12(17)15(20)21/h5-6,8,12H,2-4,7,9H2,1H3,(H,16,19)(H,20,21). The second-order valence-electron chi connectivity index (χ2n) is 5.38. The third kappa shape index (κ3) is 4.19. The van der Waals surface area contributed by atoms with Gasteiger partial charge in [0.1, 0.15) is 17.5 Å². The van der Waals surface area contributed by atoms with Crippen molar-refractivity contribution in [1.82, 2.24) is 4.90 Å². The number of nitrogens with zero attached hydrogens (tertiary/aromatic N) is 2. The molecule has 1 saturated heterocycles. The molecule has 24 heavy (non-hydrogen) atoms. The lowest BCUT2D eigenvalue weighted by Gasteiger charge is -2.20. The molecule has 1 heterocycles. The fraction of sp³-hybridized carbons (Fsp3) is 0.467. The lowest BCUT2D eigenvalue weighted by molar-refractivity contribution is -0.384. The van der Waals surface area contributed by atoms with E-state index < -0.39 is 22.8 Å². The topological polar surface area (TPSA) is 122 Å². The Bertz CT molecular complexity index is 648. The number of aliphatic carboxylic acids is 1. The first-order valence-electron chi connectivity index (χ1n) is 7.60. The number of nitro groups is 1. The van der Waals surface area contributed by atoms with Crippen molar-refractivity contribution >= 4 is 23.3 Å². The maximum Gasteiger partial charge on any atom is 0.320 e. The van der Waals surface area contributed by atoms with Gasteiger partial charge in [-0.05, 0) is 38.4 Å². The summed E-state index contributed by atoms with van der Waals surface area (Å²) in [7, 11) is 0. The molecule has 130 valence electrons. The molecular weight excluding hydrogens is 318 g/mol. The molecule has 1 atom stereocenters. The van der Waals surface area contributed by atoms with Gasteiger partial charge in [-0.1, -0.05) is 0 Å². The molecule has 9 heteroatoms. The highest BCUT2D eigenvalue weighted by Gasteiger charge is 2.32. The van der Waals surface area contributed by atoms with E-state index in [2.05, 4.69) is 5.32 Å². The number of nitro benzene ring substituents is 1. The Morgan fingerprint density at radius 2 is 2.25 bits per heavy atom. The normalized spacial score (nSPS) is 17.5. The van der Waals surface area contributed by atoms with Gasteiger partial charge >= 0.3 is 5.97 Å². The predicted octanol–water partition coefficient (Wildman–Crippen LogP) is 1.48. The summed E-state index contributed by atoms with van der Waals surface area (Å²) in [6.07, 6.45) is 1.19. The highest BCUT2D eigenvalue weighted by atomic mass is 16.6. The number of hydrogen-bond acceptors (Lipinski definition) is 6. The minimum Gasteiger partial charge on any atom is -0.494 e. The highest BCUT2D eigenvalue weighted by Crippen LogP contribution is 2.29. The lowest BCUT2D eigenvalue weighted by Crippen LogP contribution is -2.40. The van der Waals surface area contributed by atoms with E-state index in [1.807, 2.05) is 0 Å². The van der Waals surface area contributed by atoms with Crippen molar-refractivity contribution < 1.29 is 24.4 Å². The first-order chi connectivity index (χ1) is 11.4. The lowest BCUT2D eigenvalue weighted by atomic mass is 10.2. The highest BCUT2D eigenvalue weighted by molar-refractivity contribution is 5.95. The summed E-state index contributed by atoms with van der Waals surface area (Å²) >= 11 is 0. The molecule has 0 aromatic heterocycles. The molecule has 0 bridgehead atoms. The van der Waals surface area contributed by atoms with Gasteiger partial charge in [0.25, 0.3) is 5.69 Å². The van der Waals surface area contributed by atoms with Crippen LogP contribution in [0.15, 0.2) is 18.2 Å². The SMILES string of the molecule is CCOc1ccc(NC(=O)CN2CCCC2C(=O)O)c([N+](=O)[O-])c1. The summed E-state index contributed by atoms with van der Waals surface area (Å²) in [5, 5.41) is 22.7. The van der Waals surface area contributed by atoms with E-state index in [-0.39, 0.29) is 17.9 Å². The predicted molar refractivity (Wildman–Crippen MR) is 85.1 cm³/mol. The number of carboxylic acid groups (broad SMARTS) is 1. The molecule has 0 saturated carbocycles. The summed E-state index contributed by atoms with van der Waals surface area (Å²) in [4.78, 5) is 35.3. The number of benzene rings is 1. The third-order valence-corrected chi connectivity index (χ3v) is 3.75. The van der Waals surface area contributed by atoms with E-state index in [0.29, 0.717) is 31.7 Å². The number of carboxylic acids is 1. The molecule has 0 radical (unpaired) electrons. The minimum atomic E-state index is -0.965. The molecule has 1 unspecified atom stereocenters. The van der Waals surface area contributed by atoms with Gasteiger partial charge in [0.05, 0.1) is 24.1 Å². The van der Waals surface area contributed by atoms with Gasteiger partial charge in [-0.25, -0.2) is 0 Å². The molecular formula is C15H19N3O6. The maximum atomic E-state index is 12.1. The van der Waals surface area contributed by atoms with Crippen molar-refractivity contribution in [3.8, 4) is 5.75 Å². The summed E-state index contributed by atoms with van der Waals surface area (Å²) in [5.41, 5.74) is -0.218. The average Bonchev–Trinajstić information content (AvgIpc) is 2.97. The molecule has 9 nitrogen and oxygen atoms in total. The number of rotatable bonds is 7. The van der Waals surface area contributed by atoms with Crippen molar-refractivity contribution in [2.24, 2.45) is 0 Å². The molecule has 1 aliphatic heterocycles. The van der Waals surface area contributed by atoms with Gasteiger partial charge in [-0.3, -0.25) is 24.6 Å². The number of carbonyl (C=O) groups excluding carboxylic acids is 1. The van der Waals surface area contributed by atoms with Crippen LogP contribution in [0.25, 0.3) is 0 Å². The van der Waals surface area contributed by atoms with Crippen molar-refractivity contribution in [2.75, 3.05) is 25.0 Å².